The third kappa shape index (κ3) is 4.91. The van der Waals surface area contributed by atoms with Gasteiger partial charge in [0.15, 0.2) is 0 Å². The molecule has 0 fully saturated rings. The lowest BCUT2D eigenvalue weighted by Gasteiger charge is -2.05. The van der Waals surface area contributed by atoms with Gasteiger partial charge in [0.2, 0.25) is 0 Å². The summed E-state index contributed by atoms with van der Waals surface area (Å²) < 4.78 is 48.3. The molecule has 2 N–H and O–H groups in total. The first-order valence-electron chi connectivity index (χ1n) is 4.84. The molecule has 0 aromatic heterocycles. The molecule has 0 atom stereocenters. The summed E-state index contributed by atoms with van der Waals surface area (Å²) in [4.78, 5) is -0.118. The van der Waals surface area contributed by atoms with Crippen LogP contribution < -0.4 is 5.73 Å². The zero-order chi connectivity index (χ0) is 13.1. The van der Waals surface area contributed by atoms with Crippen LogP contribution in [0.3, 0.4) is 0 Å². The summed E-state index contributed by atoms with van der Waals surface area (Å²) in [6, 6.07) is 2.09. The minimum atomic E-state index is -3.03. The van der Waals surface area contributed by atoms with Crippen LogP contribution in [-0.4, -0.2) is 26.2 Å². The van der Waals surface area contributed by atoms with Crippen LogP contribution in [0.5, 0.6) is 0 Å². The number of sulfone groups is 1. The Balaban J connectivity index is 2.58. The molecule has 1 rings (SSSR count). The van der Waals surface area contributed by atoms with Crippen LogP contribution >= 0.6 is 11.8 Å². The number of thioether (sulfide) groups is 1. The lowest BCUT2D eigenvalue weighted by Crippen LogP contribution is -2.04. The maximum atomic E-state index is 13.3. The van der Waals surface area contributed by atoms with E-state index >= 15 is 0 Å². The normalized spacial score (nSPS) is 11.7. The fourth-order valence-electron chi connectivity index (χ4n) is 1.21. The van der Waals surface area contributed by atoms with E-state index in [0.717, 1.165) is 30.2 Å². The van der Waals surface area contributed by atoms with Crippen LogP contribution in [0, 0.1) is 11.6 Å². The second kappa shape index (κ2) is 5.68. The largest absolute Gasteiger partial charge is 0.399 e. The minimum Gasteiger partial charge on any atom is -0.399 e. The van der Waals surface area contributed by atoms with Crippen molar-refractivity contribution in [2.45, 2.75) is 11.3 Å². The van der Waals surface area contributed by atoms with Crippen LogP contribution in [-0.2, 0) is 9.84 Å². The number of halogens is 2. The SMILES string of the molecule is CS(=O)(=O)CCCSc1c(F)cc(N)cc1F. The molecule has 0 aliphatic carbocycles. The number of nitrogen functional groups attached to an aromatic ring is 1. The zero-order valence-corrected chi connectivity index (χ0v) is 10.9. The molecule has 3 nitrogen and oxygen atoms in total. The predicted octanol–water partition coefficient (Wildman–Crippen LogP) is 2.07. The molecule has 1 aromatic rings. The van der Waals surface area contributed by atoms with Crippen LogP contribution in [0.25, 0.3) is 0 Å². The van der Waals surface area contributed by atoms with E-state index in [2.05, 4.69) is 0 Å². The van der Waals surface area contributed by atoms with Crippen molar-refractivity contribution in [3.05, 3.63) is 23.8 Å². The van der Waals surface area contributed by atoms with E-state index < -0.39 is 21.5 Å². The van der Waals surface area contributed by atoms with Crippen molar-refractivity contribution in [2.75, 3.05) is 23.5 Å². The highest BCUT2D eigenvalue weighted by Gasteiger charge is 2.11. The van der Waals surface area contributed by atoms with Crippen LogP contribution in [0.1, 0.15) is 6.42 Å². The quantitative estimate of drug-likeness (QED) is 0.510. The molecule has 0 aliphatic heterocycles. The summed E-state index contributed by atoms with van der Waals surface area (Å²) in [7, 11) is -3.03. The molecule has 0 saturated carbocycles. The topological polar surface area (TPSA) is 60.2 Å². The molecule has 0 amide bonds. The van der Waals surface area contributed by atoms with Gasteiger partial charge in [-0.05, 0) is 24.3 Å². The molecule has 96 valence electrons. The maximum absolute atomic E-state index is 13.3. The van der Waals surface area contributed by atoms with E-state index in [0.29, 0.717) is 12.2 Å². The average molecular weight is 281 g/mol. The van der Waals surface area contributed by atoms with E-state index in [4.69, 9.17) is 5.73 Å². The van der Waals surface area contributed by atoms with E-state index in [1.54, 1.807) is 0 Å². The fourth-order valence-corrected chi connectivity index (χ4v) is 2.95. The Morgan fingerprint density at radius 3 is 2.29 bits per heavy atom. The Morgan fingerprint density at radius 2 is 1.82 bits per heavy atom. The van der Waals surface area contributed by atoms with E-state index in [1.165, 1.54) is 0 Å². The van der Waals surface area contributed by atoms with Crippen LogP contribution in [0.2, 0.25) is 0 Å². The molecule has 0 radical (unpaired) electrons. The second-order valence-corrected chi connectivity index (χ2v) is 7.01. The summed E-state index contributed by atoms with van der Waals surface area (Å²) in [5, 5.41) is 0. The molecule has 0 heterocycles. The lowest BCUT2D eigenvalue weighted by atomic mass is 10.3. The van der Waals surface area contributed by atoms with Gasteiger partial charge in [0, 0.05) is 11.9 Å². The van der Waals surface area contributed by atoms with E-state index in [1.807, 2.05) is 0 Å². The van der Waals surface area contributed by atoms with E-state index in [-0.39, 0.29) is 16.3 Å². The predicted molar refractivity (Wildman–Crippen MR) is 65.8 cm³/mol. The standard InChI is InChI=1S/C10H13F2NO2S2/c1-17(14,15)4-2-3-16-10-8(11)5-7(13)6-9(10)12/h5-6H,2-4,13H2,1H3. The average Bonchev–Trinajstić information content (AvgIpc) is 2.13. The van der Waals surface area contributed by atoms with Gasteiger partial charge in [-0.2, -0.15) is 0 Å². The first kappa shape index (κ1) is 14.2. The zero-order valence-electron chi connectivity index (χ0n) is 9.24. The van der Waals surface area contributed by atoms with Crippen molar-refractivity contribution in [2.24, 2.45) is 0 Å². The second-order valence-electron chi connectivity index (χ2n) is 3.65. The van der Waals surface area contributed by atoms with Crippen molar-refractivity contribution in [1.29, 1.82) is 0 Å². The number of anilines is 1. The molecule has 1 aromatic carbocycles. The summed E-state index contributed by atoms with van der Waals surface area (Å²) >= 11 is 0.953. The number of rotatable bonds is 5. The highest BCUT2D eigenvalue weighted by atomic mass is 32.2. The van der Waals surface area contributed by atoms with Crippen molar-refractivity contribution < 1.29 is 17.2 Å². The van der Waals surface area contributed by atoms with Gasteiger partial charge >= 0.3 is 0 Å². The van der Waals surface area contributed by atoms with Gasteiger partial charge in [0.1, 0.15) is 21.5 Å². The first-order chi connectivity index (χ1) is 7.79. The minimum absolute atomic E-state index is 0.0121. The monoisotopic (exact) mass is 281 g/mol. The number of hydrogen-bond donors (Lipinski definition) is 1. The van der Waals surface area contributed by atoms with Crippen LogP contribution in [0.4, 0.5) is 14.5 Å². The molecule has 7 heteroatoms. The molecular weight excluding hydrogens is 268 g/mol. The lowest BCUT2D eigenvalue weighted by molar-refractivity contribution is 0.542. The third-order valence-corrected chi connectivity index (χ3v) is 4.13. The van der Waals surface area contributed by atoms with Gasteiger partial charge in [-0.15, -0.1) is 11.8 Å². The first-order valence-corrected chi connectivity index (χ1v) is 7.89. The number of hydrogen-bond acceptors (Lipinski definition) is 4. The molecule has 0 aliphatic rings. The fraction of sp³-hybridized carbons (Fsp3) is 0.400. The molecule has 0 unspecified atom stereocenters. The molecule has 0 spiro atoms. The Bertz CT molecular complexity index is 480. The van der Waals surface area contributed by atoms with Gasteiger partial charge in [0.25, 0.3) is 0 Å². The number of nitrogens with two attached hydrogens (primary N) is 1. The molecular formula is C10H13F2NO2S2. The van der Waals surface area contributed by atoms with Gasteiger partial charge in [-0.1, -0.05) is 0 Å². The van der Waals surface area contributed by atoms with Crippen molar-refractivity contribution >= 4 is 27.3 Å². The molecule has 17 heavy (non-hydrogen) atoms. The van der Waals surface area contributed by atoms with Crippen molar-refractivity contribution in [3.63, 3.8) is 0 Å². The maximum Gasteiger partial charge on any atom is 0.147 e. The summed E-state index contributed by atoms with van der Waals surface area (Å²) in [6.45, 7) is 0. The van der Waals surface area contributed by atoms with E-state index in [9.17, 15) is 17.2 Å². The van der Waals surface area contributed by atoms with Crippen molar-refractivity contribution in [3.8, 4) is 0 Å². The smallest absolute Gasteiger partial charge is 0.147 e. The Morgan fingerprint density at radius 1 is 1.29 bits per heavy atom. The van der Waals surface area contributed by atoms with Gasteiger partial charge in [0.05, 0.1) is 10.6 Å². The highest BCUT2D eigenvalue weighted by Crippen LogP contribution is 2.27. The highest BCUT2D eigenvalue weighted by molar-refractivity contribution is 7.99. The van der Waals surface area contributed by atoms with Crippen LogP contribution in [0.15, 0.2) is 17.0 Å². The summed E-state index contributed by atoms with van der Waals surface area (Å²) in [5.74, 6) is -1.08. The van der Waals surface area contributed by atoms with Crippen molar-refractivity contribution in [1.82, 2.24) is 0 Å². The Labute approximate surface area is 103 Å². The Hall–Kier alpha value is -0.820. The van der Waals surface area contributed by atoms with Gasteiger partial charge in [-0.3, -0.25) is 0 Å². The summed E-state index contributed by atoms with van der Waals surface area (Å²) in [5.41, 5.74) is 5.30. The van der Waals surface area contributed by atoms with Gasteiger partial charge < -0.3 is 5.73 Å². The summed E-state index contributed by atoms with van der Waals surface area (Å²) in [6.07, 6.45) is 1.48. The Kier molecular flexibility index (Phi) is 4.76. The van der Waals surface area contributed by atoms with Gasteiger partial charge in [-0.25, -0.2) is 17.2 Å². The molecule has 0 bridgehead atoms. The molecule has 0 saturated heterocycles. The number of benzene rings is 1. The third-order valence-electron chi connectivity index (χ3n) is 1.93.